The summed E-state index contributed by atoms with van der Waals surface area (Å²) in [6.07, 6.45) is 8.96. The van der Waals surface area contributed by atoms with Crippen LogP contribution in [0.4, 0.5) is 0 Å². The molecular formula is C26H37NO5. The van der Waals surface area contributed by atoms with E-state index < -0.39 is 29.0 Å². The number of hydrogen-bond donors (Lipinski definition) is 2. The highest BCUT2D eigenvalue weighted by Crippen LogP contribution is 2.72. The van der Waals surface area contributed by atoms with E-state index in [-0.39, 0.29) is 41.3 Å². The molecule has 0 bridgehead atoms. The van der Waals surface area contributed by atoms with Crippen LogP contribution in [0.5, 0.6) is 0 Å². The van der Waals surface area contributed by atoms with E-state index in [1.54, 1.807) is 12.2 Å². The SMILES string of the molecule is CCCC1O[C@]2(C(=O)CN)[C@@](C)(CC3[C@@H]4CCC5=CC(=O)C=C[C@]5(C)C4[C@@H](O)C[C@@]32C)O1. The van der Waals surface area contributed by atoms with E-state index in [0.29, 0.717) is 6.42 Å². The van der Waals surface area contributed by atoms with Gasteiger partial charge in [-0.2, -0.15) is 0 Å². The number of nitrogens with two attached hydrogens (primary N) is 1. The standard InChI is InChI=1S/C26H37NO5/c1-5-6-21-31-25(4)12-18-17-8-7-15-11-16(28)9-10-23(15,2)22(17)19(29)13-24(18,3)26(25,32-21)20(30)14-27/h9-11,17-19,21-22,29H,5-8,12-14,27H2,1-4H3/t17-,18?,19-,21?,22?,23-,24-,25+,26-/m0/s1. The zero-order valence-corrected chi connectivity index (χ0v) is 19.7. The van der Waals surface area contributed by atoms with E-state index in [1.807, 2.05) is 13.0 Å². The third kappa shape index (κ3) is 2.55. The molecule has 3 saturated carbocycles. The van der Waals surface area contributed by atoms with Crippen LogP contribution in [0, 0.1) is 28.6 Å². The van der Waals surface area contributed by atoms with Gasteiger partial charge in [-0.05, 0) is 63.0 Å². The largest absolute Gasteiger partial charge is 0.393 e. The second kappa shape index (κ2) is 7.08. The van der Waals surface area contributed by atoms with Crippen LogP contribution in [0.3, 0.4) is 0 Å². The fraction of sp³-hybridized carbons (Fsp3) is 0.769. The summed E-state index contributed by atoms with van der Waals surface area (Å²) in [6, 6.07) is 0. The number of aliphatic hydroxyl groups is 1. The molecule has 5 rings (SSSR count). The van der Waals surface area contributed by atoms with Crippen LogP contribution in [0.15, 0.2) is 23.8 Å². The van der Waals surface area contributed by atoms with Crippen molar-refractivity contribution in [1.82, 2.24) is 0 Å². The van der Waals surface area contributed by atoms with Gasteiger partial charge in [-0.15, -0.1) is 0 Å². The maximum atomic E-state index is 13.6. The molecule has 3 unspecified atom stereocenters. The van der Waals surface area contributed by atoms with Crippen molar-refractivity contribution in [2.45, 2.75) is 89.8 Å². The van der Waals surface area contributed by atoms with E-state index in [1.165, 1.54) is 0 Å². The number of carbonyl (C=O) groups excluding carboxylic acids is 2. The van der Waals surface area contributed by atoms with Crippen LogP contribution in [-0.4, -0.2) is 46.8 Å². The van der Waals surface area contributed by atoms with Gasteiger partial charge in [0.05, 0.1) is 12.6 Å². The quantitative estimate of drug-likeness (QED) is 0.693. The molecule has 5 aliphatic rings. The van der Waals surface area contributed by atoms with E-state index in [0.717, 1.165) is 37.7 Å². The second-order valence-corrected chi connectivity index (χ2v) is 11.4. The lowest BCUT2D eigenvalue weighted by atomic mass is 9.46. The fourth-order valence-electron chi connectivity index (χ4n) is 8.70. The predicted molar refractivity (Wildman–Crippen MR) is 119 cm³/mol. The summed E-state index contributed by atoms with van der Waals surface area (Å²) in [4.78, 5) is 25.6. The minimum absolute atomic E-state index is 0.00354. The van der Waals surface area contributed by atoms with Crippen molar-refractivity contribution >= 4 is 11.6 Å². The molecule has 6 nitrogen and oxygen atoms in total. The minimum Gasteiger partial charge on any atom is -0.393 e. The molecule has 1 heterocycles. The summed E-state index contributed by atoms with van der Waals surface area (Å²) in [6.45, 7) is 8.29. The molecule has 0 amide bonds. The Morgan fingerprint density at radius 3 is 2.69 bits per heavy atom. The van der Waals surface area contributed by atoms with Crippen molar-refractivity contribution in [1.29, 1.82) is 0 Å². The normalized spacial score (nSPS) is 51.5. The molecular weight excluding hydrogens is 406 g/mol. The molecule has 0 radical (unpaired) electrons. The number of fused-ring (bicyclic) bond motifs is 7. The molecule has 1 saturated heterocycles. The highest BCUT2D eigenvalue weighted by Gasteiger charge is 2.79. The third-order valence-corrected chi connectivity index (χ3v) is 9.85. The van der Waals surface area contributed by atoms with E-state index in [4.69, 9.17) is 15.2 Å². The van der Waals surface area contributed by atoms with Gasteiger partial charge in [0.1, 0.15) is 5.60 Å². The zero-order chi connectivity index (χ0) is 23.1. The van der Waals surface area contributed by atoms with Gasteiger partial charge in [0.2, 0.25) is 0 Å². The van der Waals surface area contributed by atoms with Crippen LogP contribution < -0.4 is 5.73 Å². The highest BCUT2D eigenvalue weighted by atomic mass is 16.8. The van der Waals surface area contributed by atoms with Gasteiger partial charge >= 0.3 is 0 Å². The zero-order valence-electron chi connectivity index (χ0n) is 19.7. The maximum absolute atomic E-state index is 13.6. The second-order valence-electron chi connectivity index (χ2n) is 11.4. The van der Waals surface area contributed by atoms with Crippen molar-refractivity contribution in [2.75, 3.05) is 6.54 Å². The Labute approximate surface area is 190 Å². The smallest absolute Gasteiger partial charge is 0.181 e. The maximum Gasteiger partial charge on any atom is 0.181 e. The average Bonchev–Trinajstić information content (AvgIpc) is 3.13. The van der Waals surface area contributed by atoms with Crippen LogP contribution in [0.2, 0.25) is 0 Å². The summed E-state index contributed by atoms with van der Waals surface area (Å²) in [5, 5.41) is 11.6. The van der Waals surface area contributed by atoms with Gasteiger partial charge in [0.15, 0.2) is 23.5 Å². The number of Topliss-reactive ketones (excluding diaryl/α,β-unsaturated/α-hetero) is 1. The van der Waals surface area contributed by atoms with Crippen molar-refractivity contribution in [3.63, 3.8) is 0 Å². The molecule has 0 aromatic rings. The third-order valence-electron chi connectivity index (χ3n) is 9.85. The summed E-state index contributed by atoms with van der Waals surface area (Å²) in [5.41, 5.74) is 4.28. The Morgan fingerprint density at radius 2 is 2.00 bits per heavy atom. The van der Waals surface area contributed by atoms with Crippen molar-refractivity contribution < 1.29 is 24.2 Å². The van der Waals surface area contributed by atoms with Gasteiger partial charge in [-0.1, -0.05) is 38.8 Å². The lowest BCUT2D eigenvalue weighted by Gasteiger charge is -2.59. The Kier molecular flexibility index (Phi) is 4.97. The highest BCUT2D eigenvalue weighted by molar-refractivity contribution is 6.01. The predicted octanol–water partition coefficient (Wildman–Crippen LogP) is 3.07. The summed E-state index contributed by atoms with van der Waals surface area (Å²) in [7, 11) is 0. The molecule has 176 valence electrons. The molecule has 32 heavy (non-hydrogen) atoms. The molecule has 4 fully saturated rings. The van der Waals surface area contributed by atoms with E-state index in [2.05, 4.69) is 20.8 Å². The monoisotopic (exact) mass is 443 g/mol. The lowest BCUT2D eigenvalue weighted by Crippen LogP contribution is -2.66. The Bertz CT molecular complexity index is 912. The first kappa shape index (κ1) is 22.5. The molecule has 0 aromatic heterocycles. The topological polar surface area (TPSA) is 98.9 Å². The van der Waals surface area contributed by atoms with Crippen molar-refractivity contribution in [3.8, 4) is 0 Å². The summed E-state index contributed by atoms with van der Waals surface area (Å²) in [5.74, 6) is 0.308. The van der Waals surface area contributed by atoms with Crippen LogP contribution in [0.25, 0.3) is 0 Å². The van der Waals surface area contributed by atoms with Gasteiger partial charge in [-0.3, -0.25) is 9.59 Å². The molecule has 4 aliphatic carbocycles. The van der Waals surface area contributed by atoms with E-state index >= 15 is 0 Å². The average molecular weight is 444 g/mol. The first-order valence-electron chi connectivity index (χ1n) is 12.3. The summed E-state index contributed by atoms with van der Waals surface area (Å²) >= 11 is 0. The van der Waals surface area contributed by atoms with Gasteiger partial charge in [-0.25, -0.2) is 0 Å². The molecule has 0 spiro atoms. The number of aliphatic hydroxyl groups excluding tert-OH is 1. The molecule has 0 aromatic carbocycles. The number of hydrogen-bond acceptors (Lipinski definition) is 6. The molecule has 9 atom stereocenters. The Morgan fingerprint density at radius 1 is 1.25 bits per heavy atom. The molecule has 3 N–H and O–H groups in total. The summed E-state index contributed by atoms with van der Waals surface area (Å²) < 4.78 is 13.1. The number of ether oxygens (including phenoxy) is 2. The minimum atomic E-state index is -1.14. The first-order chi connectivity index (χ1) is 15.1. The van der Waals surface area contributed by atoms with Crippen LogP contribution >= 0.6 is 0 Å². The van der Waals surface area contributed by atoms with Crippen LogP contribution in [0.1, 0.15) is 66.2 Å². The van der Waals surface area contributed by atoms with Crippen molar-refractivity contribution in [2.24, 2.45) is 34.3 Å². The van der Waals surface area contributed by atoms with Gasteiger partial charge in [0.25, 0.3) is 0 Å². The number of allylic oxidation sites excluding steroid dienone is 4. The Hall–Kier alpha value is -1.34. The number of ketones is 2. The fourth-order valence-corrected chi connectivity index (χ4v) is 8.70. The Balaban J connectivity index is 1.59. The first-order valence-corrected chi connectivity index (χ1v) is 12.3. The van der Waals surface area contributed by atoms with Gasteiger partial charge < -0.3 is 20.3 Å². The number of carbonyl (C=O) groups is 2. The molecule has 6 heteroatoms. The van der Waals surface area contributed by atoms with Crippen molar-refractivity contribution in [3.05, 3.63) is 23.8 Å². The van der Waals surface area contributed by atoms with E-state index in [9.17, 15) is 14.7 Å². The number of rotatable bonds is 4. The molecule has 1 aliphatic heterocycles. The van der Waals surface area contributed by atoms with Gasteiger partial charge in [0, 0.05) is 16.7 Å². The van der Waals surface area contributed by atoms with Crippen LogP contribution in [-0.2, 0) is 19.1 Å². The lowest BCUT2D eigenvalue weighted by molar-refractivity contribution is -0.198.